The zero-order valence-electron chi connectivity index (χ0n) is 9.65. The highest BCUT2D eigenvalue weighted by molar-refractivity contribution is 5.39. The predicted molar refractivity (Wildman–Crippen MR) is 58.0 cm³/mol. The van der Waals surface area contributed by atoms with Crippen LogP contribution in [0.5, 0.6) is 5.75 Å². The maximum atomic E-state index is 12.9. The van der Waals surface area contributed by atoms with Gasteiger partial charge < -0.3 is 15.0 Å². The van der Waals surface area contributed by atoms with Gasteiger partial charge in [-0.3, -0.25) is 0 Å². The van der Waals surface area contributed by atoms with Gasteiger partial charge in [0.2, 0.25) is 12.2 Å². The molecule has 102 valence electrons. The molecule has 0 atom stereocenters. The van der Waals surface area contributed by atoms with Gasteiger partial charge in [-0.25, -0.2) is 0 Å². The van der Waals surface area contributed by atoms with Crippen molar-refractivity contribution in [1.82, 2.24) is 10.1 Å². The van der Waals surface area contributed by atoms with Crippen LogP contribution in [-0.2, 0) is 19.3 Å². The van der Waals surface area contributed by atoms with Crippen LogP contribution in [0.1, 0.15) is 17.0 Å². The third kappa shape index (κ3) is 3.22. The molecule has 1 aromatic carbocycles. The van der Waals surface area contributed by atoms with E-state index >= 15 is 0 Å². The van der Waals surface area contributed by atoms with Crippen molar-refractivity contribution >= 4 is 0 Å². The standard InChI is InChI=1S/C11H10F3N3O2/c12-11(13,14)8-3-7(4-15)1-2-9(8)18-5-10-16-6-19-17-10/h1-3,6H,4-5,15H2. The number of hydrogen-bond donors (Lipinski definition) is 1. The van der Waals surface area contributed by atoms with E-state index < -0.39 is 11.7 Å². The van der Waals surface area contributed by atoms with Crippen LogP contribution in [0, 0.1) is 0 Å². The van der Waals surface area contributed by atoms with Gasteiger partial charge in [0, 0.05) is 6.54 Å². The quantitative estimate of drug-likeness (QED) is 0.923. The fourth-order valence-electron chi connectivity index (χ4n) is 1.45. The second-order valence-corrected chi connectivity index (χ2v) is 3.67. The molecule has 1 aromatic heterocycles. The van der Waals surface area contributed by atoms with E-state index in [-0.39, 0.29) is 24.7 Å². The van der Waals surface area contributed by atoms with E-state index in [1.54, 1.807) is 0 Å². The Bertz CT molecular complexity index is 541. The van der Waals surface area contributed by atoms with Gasteiger partial charge >= 0.3 is 6.18 Å². The number of benzene rings is 1. The van der Waals surface area contributed by atoms with E-state index in [0.29, 0.717) is 5.56 Å². The molecule has 0 unspecified atom stereocenters. The number of halogens is 3. The van der Waals surface area contributed by atoms with Gasteiger partial charge in [0.15, 0.2) is 6.61 Å². The molecule has 0 fully saturated rings. The van der Waals surface area contributed by atoms with Gasteiger partial charge in [0.05, 0.1) is 5.56 Å². The third-order valence-corrected chi connectivity index (χ3v) is 2.35. The summed E-state index contributed by atoms with van der Waals surface area (Å²) in [6, 6.07) is 3.66. The van der Waals surface area contributed by atoms with E-state index in [9.17, 15) is 13.2 Å². The molecule has 8 heteroatoms. The number of aromatic nitrogens is 2. The summed E-state index contributed by atoms with van der Waals surface area (Å²) in [6.07, 6.45) is -3.45. The van der Waals surface area contributed by atoms with Gasteiger partial charge in [-0.05, 0) is 17.7 Å². The van der Waals surface area contributed by atoms with E-state index in [2.05, 4.69) is 14.7 Å². The molecule has 2 aromatic rings. The summed E-state index contributed by atoms with van der Waals surface area (Å²) in [5.41, 5.74) is 4.82. The fraction of sp³-hybridized carbons (Fsp3) is 0.273. The molecule has 0 bridgehead atoms. The molecule has 5 nitrogen and oxygen atoms in total. The molecule has 0 saturated carbocycles. The highest BCUT2D eigenvalue weighted by atomic mass is 19.4. The minimum absolute atomic E-state index is 0.0220. The van der Waals surface area contributed by atoms with Crippen molar-refractivity contribution in [3.05, 3.63) is 41.5 Å². The van der Waals surface area contributed by atoms with Crippen molar-refractivity contribution in [2.45, 2.75) is 19.3 Å². The van der Waals surface area contributed by atoms with Gasteiger partial charge in [-0.1, -0.05) is 11.2 Å². The van der Waals surface area contributed by atoms with Crippen molar-refractivity contribution in [1.29, 1.82) is 0 Å². The van der Waals surface area contributed by atoms with Crippen LogP contribution >= 0.6 is 0 Å². The largest absolute Gasteiger partial charge is 0.485 e. The molecular weight excluding hydrogens is 263 g/mol. The summed E-state index contributed by atoms with van der Waals surface area (Å²) >= 11 is 0. The fourth-order valence-corrected chi connectivity index (χ4v) is 1.45. The predicted octanol–water partition coefficient (Wildman–Crippen LogP) is 2.13. The van der Waals surface area contributed by atoms with E-state index in [1.807, 2.05) is 0 Å². The maximum Gasteiger partial charge on any atom is 0.419 e. The zero-order valence-corrected chi connectivity index (χ0v) is 9.65. The van der Waals surface area contributed by atoms with Crippen LogP contribution in [0.15, 0.2) is 29.1 Å². The normalized spacial score (nSPS) is 11.6. The van der Waals surface area contributed by atoms with Crippen molar-refractivity contribution in [3.8, 4) is 5.75 Å². The second-order valence-electron chi connectivity index (χ2n) is 3.67. The minimum Gasteiger partial charge on any atom is -0.485 e. The molecule has 0 aliphatic carbocycles. The van der Waals surface area contributed by atoms with Crippen LogP contribution in [0.3, 0.4) is 0 Å². The Morgan fingerprint density at radius 3 is 2.68 bits per heavy atom. The number of rotatable bonds is 4. The third-order valence-electron chi connectivity index (χ3n) is 2.35. The number of nitrogens with zero attached hydrogens (tertiary/aromatic N) is 2. The number of ether oxygens (including phenoxy) is 1. The second kappa shape index (κ2) is 5.27. The highest BCUT2D eigenvalue weighted by Gasteiger charge is 2.34. The molecular formula is C11H10F3N3O2. The van der Waals surface area contributed by atoms with Crippen molar-refractivity contribution in [2.75, 3.05) is 0 Å². The molecule has 0 aliphatic heterocycles. The monoisotopic (exact) mass is 273 g/mol. The summed E-state index contributed by atoms with van der Waals surface area (Å²) in [5, 5.41) is 3.44. The lowest BCUT2D eigenvalue weighted by atomic mass is 10.1. The summed E-state index contributed by atoms with van der Waals surface area (Å²) < 4.78 is 48.1. The Hall–Kier alpha value is -2.09. The first kappa shape index (κ1) is 13.3. The Balaban J connectivity index is 2.23. The van der Waals surface area contributed by atoms with Gasteiger partial charge in [-0.2, -0.15) is 18.2 Å². The number of alkyl halides is 3. The molecule has 0 saturated heterocycles. The lowest BCUT2D eigenvalue weighted by Crippen LogP contribution is -2.10. The molecule has 2 rings (SSSR count). The lowest BCUT2D eigenvalue weighted by molar-refractivity contribution is -0.139. The van der Waals surface area contributed by atoms with Crippen LogP contribution in [0.25, 0.3) is 0 Å². The topological polar surface area (TPSA) is 74.2 Å². The lowest BCUT2D eigenvalue weighted by Gasteiger charge is -2.14. The minimum atomic E-state index is -4.52. The molecule has 19 heavy (non-hydrogen) atoms. The summed E-state index contributed by atoms with van der Waals surface area (Å²) in [6.45, 7) is -0.185. The van der Waals surface area contributed by atoms with Gasteiger partial charge in [-0.15, -0.1) is 0 Å². The van der Waals surface area contributed by atoms with Gasteiger partial charge in [0.1, 0.15) is 5.75 Å². The first-order valence-electron chi connectivity index (χ1n) is 5.29. The zero-order chi connectivity index (χ0) is 13.9. The van der Waals surface area contributed by atoms with E-state index in [4.69, 9.17) is 10.5 Å². The molecule has 1 heterocycles. The van der Waals surface area contributed by atoms with Crippen molar-refractivity contribution in [2.24, 2.45) is 5.73 Å². The molecule has 2 N–H and O–H groups in total. The molecule has 0 aliphatic rings. The maximum absolute atomic E-state index is 12.9. The number of hydrogen-bond acceptors (Lipinski definition) is 5. The van der Waals surface area contributed by atoms with E-state index in [0.717, 1.165) is 12.5 Å². The van der Waals surface area contributed by atoms with Crippen LogP contribution in [0.2, 0.25) is 0 Å². The first-order valence-corrected chi connectivity index (χ1v) is 5.29. The van der Waals surface area contributed by atoms with Crippen LogP contribution in [-0.4, -0.2) is 10.1 Å². The van der Waals surface area contributed by atoms with Crippen molar-refractivity contribution in [3.63, 3.8) is 0 Å². The van der Waals surface area contributed by atoms with Gasteiger partial charge in [0.25, 0.3) is 0 Å². The van der Waals surface area contributed by atoms with Crippen LogP contribution in [0.4, 0.5) is 13.2 Å². The Labute approximate surface area is 106 Å². The Kier molecular flexibility index (Phi) is 3.70. The van der Waals surface area contributed by atoms with E-state index in [1.165, 1.54) is 12.1 Å². The first-order chi connectivity index (χ1) is 9.00. The highest BCUT2D eigenvalue weighted by Crippen LogP contribution is 2.37. The average Bonchev–Trinajstić information content (AvgIpc) is 2.88. The molecule has 0 radical (unpaired) electrons. The smallest absolute Gasteiger partial charge is 0.419 e. The molecule has 0 spiro atoms. The number of nitrogens with two attached hydrogens (primary N) is 1. The van der Waals surface area contributed by atoms with Crippen LogP contribution < -0.4 is 10.5 Å². The summed E-state index contributed by atoms with van der Waals surface area (Å²) in [4.78, 5) is 3.65. The molecule has 0 amide bonds. The summed E-state index contributed by atoms with van der Waals surface area (Å²) in [5.74, 6) is -0.134. The SMILES string of the molecule is NCc1ccc(OCc2ncon2)c(C(F)(F)F)c1. The Morgan fingerprint density at radius 1 is 1.32 bits per heavy atom. The van der Waals surface area contributed by atoms with Crippen molar-refractivity contribution < 1.29 is 22.4 Å². The summed E-state index contributed by atoms with van der Waals surface area (Å²) in [7, 11) is 0. The average molecular weight is 273 g/mol. The Morgan fingerprint density at radius 2 is 2.11 bits per heavy atom.